The number of thiocarbonyl (C=S) groups is 1. The number of hydrogen-bond donors (Lipinski definition) is 2. The molecule has 0 saturated heterocycles. The Labute approximate surface area is 135 Å². The summed E-state index contributed by atoms with van der Waals surface area (Å²) in [5.41, 5.74) is 6.80. The summed E-state index contributed by atoms with van der Waals surface area (Å²) in [5, 5.41) is 2.53. The number of benzene rings is 2. The Balaban J connectivity index is 2.06. The minimum atomic E-state index is -0.565. The fourth-order valence-electron chi connectivity index (χ4n) is 1.75. The van der Waals surface area contributed by atoms with Crippen molar-refractivity contribution in [1.29, 1.82) is 0 Å². The lowest BCUT2D eigenvalue weighted by Gasteiger charge is -2.08. The lowest BCUT2D eigenvalue weighted by molar-refractivity contribution is -0.115. The van der Waals surface area contributed by atoms with Gasteiger partial charge in [-0.25, -0.2) is 4.39 Å². The molecular weight excluding hydrogens is 355 g/mol. The van der Waals surface area contributed by atoms with Gasteiger partial charge < -0.3 is 11.1 Å². The number of nitrogens with one attached hydrogen (secondary N) is 1. The molecule has 3 N–H and O–H groups in total. The monoisotopic (exact) mass is 366 g/mol. The molecule has 2 aromatic carbocycles. The molecule has 0 radical (unpaired) electrons. The molecule has 0 aliphatic carbocycles. The van der Waals surface area contributed by atoms with E-state index in [4.69, 9.17) is 18.0 Å². The summed E-state index contributed by atoms with van der Waals surface area (Å²) in [5.74, 6) is -0.858. The fraction of sp³-hybridized carbons (Fsp3) is 0.0667. The van der Waals surface area contributed by atoms with Gasteiger partial charge in [-0.1, -0.05) is 40.3 Å². The van der Waals surface area contributed by atoms with Crippen molar-refractivity contribution in [3.63, 3.8) is 0 Å². The number of carbonyl (C=O) groups excluding carboxylic acids is 1. The van der Waals surface area contributed by atoms with E-state index in [2.05, 4.69) is 21.2 Å². The lowest BCUT2D eigenvalue weighted by Crippen LogP contribution is -2.16. The Hall–Kier alpha value is -1.79. The quantitative estimate of drug-likeness (QED) is 0.815. The Kier molecular flexibility index (Phi) is 5.03. The lowest BCUT2D eigenvalue weighted by atomic mass is 10.1. The number of rotatable bonds is 4. The first-order chi connectivity index (χ1) is 9.95. The highest BCUT2D eigenvalue weighted by Gasteiger charge is 2.09. The van der Waals surface area contributed by atoms with E-state index in [1.165, 1.54) is 12.1 Å². The predicted octanol–water partition coefficient (Wildman–Crippen LogP) is 3.40. The molecule has 108 valence electrons. The Morgan fingerprint density at radius 3 is 2.48 bits per heavy atom. The molecule has 6 heteroatoms. The van der Waals surface area contributed by atoms with E-state index in [0.717, 1.165) is 10.0 Å². The molecule has 0 unspecified atom stereocenters. The number of halogens is 2. The molecule has 0 saturated carbocycles. The molecule has 0 heterocycles. The van der Waals surface area contributed by atoms with Gasteiger partial charge in [-0.05, 0) is 35.9 Å². The smallest absolute Gasteiger partial charge is 0.228 e. The second kappa shape index (κ2) is 6.78. The molecule has 0 aliphatic rings. The van der Waals surface area contributed by atoms with Crippen molar-refractivity contribution in [2.24, 2.45) is 5.73 Å². The molecule has 0 atom stereocenters. The number of nitrogens with two attached hydrogens (primary N) is 1. The van der Waals surface area contributed by atoms with Crippen LogP contribution in [0.5, 0.6) is 0 Å². The van der Waals surface area contributed by atoms with E-state index in [9.17, 15) is 9.18 Å². The summed E-state index contributed by atoms with van der Waals surface area (Å²) in [6, 6.07) is 11.6. The van der Waals surface area contributed by atoms with Gasteiger partial charge in [0.15, 0.2) is 0 Å². The van der Waals surface area contributed by atoms with Crippen LogP contribution < -0.4 is 11.1 Å². The van der Waals surface area contributed by atoms with Gasteiger partial charge in [-0.15, -0.1) is 0 Å². The van der Waals surface area contributed by atoms with Crippen LogP contribution in [0.1, 0.15) is 11.1 Å². The third-order valence-corrected chi connectivity index (χ3v) is 3.57. The molecule has 0 aromatic heterocycles. The van der Waals surface area contributed by atoms with Crippen LogP contribution in [0.15, 0.2) is 46.9 Å². The van der Waals surface area contributed by atoms with E-state index in [-0.39, 0.29) is 23.0 Å². The van der Waals surface area contributed by atoms with Crippen LogP contribution in [-0.4, -0.2) is 10.9 Å². The van der Waals surface area contributed by atoms with Crippen LogP contribution in [0.2, 0.25) is 0 Å². The molecule has 1 amide bonds. The van der Waals surface area contributed by atoms with E-state index in [1.54, 1.807) is 6.07 Å². The topological polar surface area (TPSA) is 55.1 Å². The van der Waals surface area contributed by atoms with Crippen molar-refractivity contribution >= 4 is 44.7 Å². The molecule has 2 rings (SSSR count). The van der Waals surface area contributed by atoms with Crippen LogP contribution in [0.25, 0.3) is 0 Å². The van der Waals surface area contributed by atoms with Gasteiger partial charge in [-0.3, -0.25) is 4.79 Å². The standard InChI is InChI=1S/C15H12BrFN2OS/c16-11-4-1-9(2-5-11)7-14(20)19-13-6-3-10(15(18)21)8-12(13)17/h1-6,8H,7H2,(H2,18,21)(H,19,20). The molecule has 0 bridgehead atoms. The fourth-order valence-corrected chi connectivity index (χ4v) is 2.14. The number of anilines is 1. The minimum Gasteiger partial charge on any atom is -0.389 e. The van der Waals surface area contributed by atoms with Crippen molar-refractivity contribution < 1.29 is 9.18 Å². The first-order valence-electron chi connectivity index (χ1n) is 6.09. The second-order valence-electron chi connectivity index (χ2n) is 4.41. The van der Waals surface area contributed by atoms with Gasteiger partial charge in [0.25, 0.3) is 0 Å². The van der Waals surface area contributed by atoms with Gasteiger partial charge >= 0.3 is 0 Å². The summed E-state index contributed by atoms with van der Waals surface area (Å²) in [6.07, 6.45) is 0.170. The molecule has 2 aromatic rings. The van der Waals surface area contributed by atoms with Crippen molar-refractivity contribution in [1.82, 2.24) is 0 Å². The molecular formula is C15H12BrFN2OS. The average Bonchev–Trinajstić information content (AvgIpc) is 2.43. The number of carbonyl (C=O) groups is 1. The summed E-state index contributed by atoms with van der Waals surface area (Å²) in [6.45, 7) is 0. The number of amides is 1. The summed E-state index contributed by atoms with van der Waals surface area (Å²) < 4.78 is 14.8. The van der Waals surface area contributed by atoms with Crippen molar-refractivity contribution in [2.75, 3.05) is 5.32 Å². The van der Waals surface area contributed by atoms with E-state index in [1.807, 2.05) is 24.3 Å². The molecule has 0 spiro atoms. The first-order valence-corrected chi connectivity index (χ1v) is 7.29. The first kappa shape index (κ1) is 15.6. The van der Waals surface area contributed by atoms with E-state index in [0.29, 0.717) is 5.56 Å². The largest absolute Gasteiger partial charge is 0.389 e. The highest BCUT2D eigenvalue weighted by Crippen LogP contribution is 2.17. The Bertz CT molecular complexity index is 689. The van der Waals surface area contributed by atoms with E-state index < -0.39 is 5.82 Å². The number of hydrogen-bond acceptors (Lipinski definition) is 2. The van der Waals surface area contributed by atoms with Crippen LogP contribution in [0.3, 0.4) is 0 Å². The van der Waals surface area contributed by atoms with Gasteiger partial charge in [0.2, 0.25) is 5.91 Å². The SMILES string of the molecule is NC(=S)c1ccc(NC(=O)Cc2ccc(Br)cc2)c(F)c1. The highest BCUT2D eigenvalue weighted by molar-refractivity contribution is 9.10. The Morgan fingerprint density at radius 2 is 1.90 bits per heavy atom. The summed E-state index contributed by atoms with van der Waals surface area (Å²) in [4.78, 5) is 12.0. The summed E-state index contributed by atoms with van der Waals surface area (Å²) >= 11 is 8.09. The normalized spacial score (nSPS) is 10.2. The van der Waals surface area contributed by atoms with Crippen molar-refractivity contribution in [3.8, 4) is 0 Å². The zero-order chi connectivity index (χ0) is 15.4. The van der Waals surface area contributed by atoms with Gasteiger partial charge in [-0.2, -0.15) is 0 Å². The minimum absolute atomic E-state index is 0.108. The van der Waals surface area contributed by atoms with Gasteiger partial charge in [0.1, 0.15) is 10.8 Å². The van der Waals surface area contributed by atoms with Crippen LogP contribution in [0.4, 0.5) is 10.1 Å². The maximum atomic E-state index is 13.8. The van der Waals surface area contributed by atoms with Crippen LogP contribution >= 0.6 is 28.1 Å². The Morgan fingerprint density at radius 1 is 1.24 bits per heavy atom. The second-order valence-corrected chi connectivity index (χ2v) is 5.77. The third kappa shape index (κ3) is 4.34. The highest BCUT2D eigenvalue weighted by atomic mass is 79.9. The van der Waals surface area contributed by atoms with Crippen molar-refractivity contribution in [3.05, 3.63) is 63.9 Å². The maximum Gasteiger partial charge on any atom is 0.228 e. The maximum absolute atomic E-state index is 13.8. The molecule has 0 aliphatic heterocycles. The van der Waals surface area contributed by atoms with Gasteiger partial charge in [0, 0.05) is 10.0 Å². The zero-order valence-electron chi connectivity index (χ0n) is 10.9. The van der Waals surface area contributed by atoms with Crippen molar-refractivity contribution in [2.45, 2.75) is 6.42 Å². The molecule has 3 nitrogen and oxygen atoms in total. The van der Waals surface area contributed by atoms with E-state index >= 15 is 0 Å². The molecule has 0 fully saturated rings. The summed E-state index contributed by atoms with van der Waals surface area (Å²) in [7, 11) is 0. The molecule has 21 heavy (non-hydrogen) atoms. The third-order valence-electron chi connectivity index (χ3n) is 2.81. The zero-order valence-corrected chi connectivity index (χ0v) is 13.3. The average molecular weight is 367 g/mol. The predicted molar refractivity (Wildman–Crippen MR) is 88.8 cm³/mol. The van der Waals surface area contributed by atoms with Gasteiger partial charge in [0.05, 0.1) is 12.1 Å². The van der Waals surface area contributed by atoms with Crippen LogP contribution in [0, 0.1) is 5.82 Å². The van der Waals surface area contributed by atoms with Crippen LogP contribution in [-0.2, 0) is 11.2 Å².